The number of carbonyl (C=O) groups is 4. The van der Waals surface area contributed by atoms with Gasteiger partial charge in [-0.2, -0.15) is 26.3 Å². The Morgan fingerprint density at radius 3 is 1.92 bits per heavy atom. The number of hydrogen-bond donors (Lipinski definition) is 9. The highest BCUT2D eigenvalue weighted by molar-refractivity contribution is 5.96. The van der Waals surface area contributed by atoms with Crippen LogP contribution in [-0.2, 0) is 27.5 Å². The maximum absolute atomic E-state index is 13.4. The van der Waals surface area contributed by atoms with Gasteiger partial charge >= 0.3 is 24.3 Å². The Morgan fingerprint density at radius 2 is 1.46 bits per heavy atom. The van der Waals surface area contributed by atoms with Crippen molar-refractivity contribution in [3.63, 3.8) is 0 Å². The molecule has 0 saturated heterocycles. The van der Waals surface area contributed by atoms with Gasteiger partial charge < -0.3 is 43.4 Å². The summed E-state index contributed by atoms with van der Waals surface area (Å²) in [5.74, 6) is -6.23. The number of carboxylic acids is 2. The molecule has 0 unspecified atom stereocenters. The van der Waals surface area contributed by atoms with Gasteiger partial charge in [0.05, 0.1) is 11.9 Å². The summed E-state index contributed by atoms with van der Waals surface area (Å²) < 4.78 is 64.8. The molecular weight excluding hydrogens is 712 g/mol. The SMILES string of the molecule is CC(C)Nc1ncc(-c2cc(N)cc(C(=O)NCCN)c2)n(CC(=O)NCc2ccc(C(=N)N)cc2)c1=O.O=C(O)C(F)(F)F.O=C(O)C(F)(F)F. The number of nitrogens with zero attached hydrogens (tertiary/aromatic N) is 2. The van der Waals surface area contributed by atoms with Crippen LogP contribution in [0.2, 0.25) is 0 Å². The van der Waals surface area contributed by atoms with E-state index in [1.807, 2.05) is 13.8 Å². The topological polar surface area (TPSA) is 282 Å². The smallest absolute Gasteiger partial charge is 0.475 e. The lowest BCUT2D eigenvalue weighted by atomic mass is 10.1. The highest BCUT2D eigenvalue weighted by atomic mass is 19.4. The average Bonchev–Trinajstić information content (AvgIpc) is 3.04. The number of amidine groups is 1. The Hall–Kier alpha value is -6.19. The number of rotatable bonds is 11. The van der Waals surface area contributed by atoms with Crippen LogP contribution in [0.1, 0.15) is 35.3 Å². The molecule has 0 saturated carbocycles. The van der Waals surface area contributed by atoms with E-state index in [1.54, 1.807) is 36.4 Å². The van der Waals surface area contributed by atoms with Gasteiger partial charge in [-0.3, -0.25) is 24.4 Å². The van der Waals surface area contributed by atoms with E-state index in [4.69, 9.17) is 42.4 Å². The van der Waals surface area contributed by atoms with E-state index in [0.717, 1.165) is 5.56 Å². The second-order valence-electron chi connectivity index (χ2n) is 10.6. The maximum atomic E-state index is 13.4. The lowest BCUT2D eigenvalue weighted by Gasteiger charge is -2.17. The van der Waals surface area contributed by atoms with Crippen molar-refractivity contribution in [3.8, 4) is 11.3 Å². The number of aromatic nitrogens is 2. The molecule has 0 radical (unpaired) electrons. The van der Waals surface area contributed by atoms with Crippen LogP contribution in [0.4, 0.5) is 37.8 Å². The van der Waals surface area contributed by atoms with E-state index in [-0.39, 0.29) is 48.8 Å². The van der Waals surface area contributed by atoms with E-state index in [0.29, 0.717) is 29.1 Å². The number of aliphatic carboxylic acids is 2. The van der Waals surface area contributed by atoms with Crippen molar-refractivity contribution >= 4 is 41.1 Å². The minimum absolute atomic E-state index is 0.0439. The van der Waals surface area contributed by atoms with E-state index in [1.165, 1.54) is 16.8 Å². The zero-order valence-electron chi connectivity index (χ0n) is 27.4. The lowest BCUT2D eigenvalue weighted by Crippen LogP contribution is -2.35. The highest BCUT2D eigenvalue weighted by Crippen LogP contribution is 2.23. The summed E-state index contributed by atoms with van der Waals surface area (Å²) in [5.41, 5.74) is 19.3. The summed E-state index contributed by atoms with van der Waals surface area (Å²) >= 11 is 0. The monoisotopic (exact) mass is 747 g/mol. The summed E-state index contributed by atoms with van der Waals surface area (Å²) in [6.45, 7) is 4.24. The Balaban J connectivity index is 0.000000812. The molecule has 0 aliphatic rings. The molecule has 12 N–H and O–H groups in total. The van der Waals surface area contributed by atoms with Gasteiger partial charge in [0, 0.05) is 48.1 Å². The van der Waals surface area contributed by atoms with Crippen molar-refractivity contribution in [3.05, 3.63) is 75.7 Å². The highest BCUT2D eigenvalue weighted by Gasteiger charge is 2.38. The third kappa shape index (κ3) is 14.7. The Morgan fingerprint density at radius 1 is 0.923 bits per heavy atom. The van der Waals surface area contributed by atoms with E-state index in [2.05, 4.69) is 20.9 Å². The molecular formula is C30H35F6N9O7. The van der Waals surface area contributed by atoms with Gasteiger partial charge in [-0.05, 0) is 37.6 Å². The Labute approximate surface area is 290 Å². The number of benzene rings is 2. The number of halogens is 6. The zero-order chi connectivity index (χ0) is 40.0. The Bertz CT molecular complexity index is 1770. The van der Waals surface area contributed by atoms with Gasteiger partial charge in [-0.25, -0.2) is 14.6 Å². The maximum Gasteiger partial charge on any atom is 0.490 e. The summed E-state index contributed by atoms with van der Waals surface area (Å²) in [6, 6.07) is 11.6. The molecule has 3 aromatic rings. The van der Waals surface area contributed by atoms with Crippen molar-refractivity contribution in [2.45, 2.75) is 45.3 Å². The second-order valence-corrected chi connectivity index (χ2v) is 10.6. The van der Waals surface area contributed by atoms with Gasteiger partial charge in [0.1, 0.15) is 12.4 Å². The van der Waals surface area contributed by atoms with Crippen molar-refractivity contribution in [1.82, 2.24) is 20.2 Å². The van der Waals surface area contributed by atoms with Crippen LogP contribution in [0, 0.1) is 5.41 Å². The first-order valence-electron chi connectivity index (χ1n) is 14.5. The number of carboxylic acid groups (broad SMARTS) is 2. The minimum atomic E-state index is -5.08. The molecule has 2 aromatic carbocycles. The molecule has 0 fully saturated rings. The number of nitrogens with one attached hydrogen (secondary N) is 4. The van der Waals surface area contributed by atoms with E-state index < -0.39 is 35.8 Å². The number of carbonyl (C=O) groups excluding carboxylic acids is 2. The normalized spacial score (nSPS) is 10.9. The van der Waals surface area contributed by atoms with Crippen LogP contribution >= 0.6 is 0 Å². The fourth-order valence-electron chi connectivity index (χ4n) is 3.67. The van der Waals surface area contributed by atoms with Crippen LogP contribution < -0.4 is 38.7 Å². The quantitative estimate of drug-likeness (QED) is 0.0588. The van der Waals surface area contributed by atoms with Crippen LogP contribution in [0.25, 0.3) is 11.3 Å². The third-order valence-electron chi connectivity index (χ3n) is 5.96. The minimum Gasteiger partial charge on any atom is -0.475 e. The lowest BCUT2D eigenvalue weighted by molar-refractivity contribution is -0.193. The second kappa shape index (κ2) is 19.3. The van der Waals surface area contributed by atoms with Crippen molar-refractivity contribution in [2.24, 2.45) is 11.5 Å². The molecule has 1 heterocycles. The fourth-order valence-corrected chi connectivity index (χ4v) is 3.67. The molecule has 0 atom stereocenters. The fraction of sp³-hybridized carbons (Fsp3) is 0.300. The van der Waals surface area contributed by atoms with Crippen LogP contribution in [0.3, 0.4) is 0 Å². The number of alkyl halides is 6. The van der Waals surface area contributed by atoms with Crippen LogP contribution in [-0.4, -0.2) is 80.8 Å². The summed E-state index contributed by atoms with van der Waals surface area (Å²) in [4.78, 5) is 60.9. The van der Waals surface area contributed by atoms with Gasteiger partial charge in [0.25, 0.3) is 11.5 Å². The summed E-state index contributed by atoms with van der Waals surface area (Å²) in [5, 5.41) is 30.2. The molecule has 16 nitrogen and oxygen atoms in total. The molecule has 0 spiro atoms. The molecule has 3 rings (SSSR count). The van der Waals surface area contributed by atoms with Crippen molar-refractivity contribution in [2.75, 3.05) is 24.1 Å². The first kappa shape index (κ1) is 43.8. The standard InChI is InChI=1S/C26H33N9O3.2C2HF3O2/c1-15(2)34-24-26(38)35(14-22(36)32-12-16-3-5-17(6-4-16)23(29)30)21(13-33-24)18-9-19(11-20(28)10-18)25(37)31-8-7-27;2*3-2(4,5)1(6)7/h3-6,9-11,13,15H,7-8,12,14,27-28H2,1-2H3,(H3,29,30)(H,31,37)(H,32,36)(H,33,34);2*(H,6,7). The first-order chi connectivity index (χ1) is 24.0. The van der Waals surface area contributed by atoms with Crippen molar-refractivity contribution < 1.29 is 55.7 Å². The molecule has 284 valence electrons. The third-order valence-corrected chi connectivity index (χ3v) is 5.96. The first-order valence-corrected chi connectivity index (χ1v) is 14.5. The number of hydrogen-bond acceptors (Lipinski definition) is 10. The summed E-state index contributed by atoms with van der Waals surface area (Å²) in [7, 11) is 0. The molecule has 2 amide bonds. The Kier molecular flexibility index (Phi) is 16.2. The van der Waals surface area contributed by atoms with Crippen LogP contribution in [0.15, 0.2) is 53.5 Å². The van der Waals surface area contributed by atoms with Gasteiger partial charge in [-0.15, -0.1) is 0 Å². The zero-order valence-corrected chi connectivity index (χ0v) is 27.4. The molecule has 1 aromatic heterocycles. The average molecular weight is 748 g/mol. The van der Waals surface area contributed by atoms with Gasteiger partial charge in [-0.1, -0.05) is 24.3 Å². The largest absolute Gasteiger partial charge is 0.490 e. The molecule has 52 heavy (non-hydrogen) atoms. The van der Waals surface area contributed by atoms with Gasteiger partial charge in [0.15, 0.2) is 5.82 Å². The number of nitrogen functional groups attached to an aromatic ring is 2. The molecule has 22 heteroatoms. The van der Waals surface area contributed by atoms with E-state index >= 15 is 0 Å². The predicted molar refractivity (Wildman–Crippen MR) is 175 cm³/mol. The number of anilines is 2. The van der Waals surface area contributed by atoms with Crippen LogP contribution in [0.5, 0.6) is 0 Å². The van der Waals surface area contributed by atoms with Crippen molar-refractivity contribution in [1.29, 1.82) is 5.41 Å². The number of nitrogens with two attached hydrogens (primary N) is 3. The van der Waals surface area contributed by atoms with E-state index in [9.17, 15) is 40.7 Å². The summed E-state index contributed by atoms with van der Waals surface area (Å²) in [6.07, 6.45) is -8.70. The van der Waals surface area contributed by atoms with Gasteiger partial charge in [0.2, 0.25) is 5.91 Å². The predicted octanol–water partition coefficient (Wildman–Crippen LogP) is 1.87. The molecule has 0 aliphatic carbocycles. The number of amides is 2. The molecule has 0 bridgehead atoms. The molecule has 0 aliphatic heterocycles.